The first kappa shape index (κ1) is 25.2. The summed E-state index contributed by atoms with van der Waals surface area (Å²) in [4.78, 5) is 40.7. The van der Waals surface area contributed by atoms with Gasteiger partial charge in [0.25, 0.3) is 0 Å². The Morgan fingerprint density at radius 1 is 1.14 bits per heavy atom. The molecule has 37 heavy (non-hydrogen) atoms. The van der Waals surface area contributed by atoms with E-state index in [0.29, 0.717) is 18.0 Å². The van der Waals surface area contributed by atoms with Crippen LogP contribution in [0.1, 0.15) is 56.1 Å². The Morgan fingerprint density at radius 3 is 2.38 bits per heavy atom. The fraction of sp³-hybridized carbons (Fsp3) is 0.536. The van der Waals surface area contributed by atoms with Crippen molar-refractivity contribution < 1.29 is 9.59 Å². The summed E-state index contributed by atoms with van der Waals surface area (Å²) < 4.78 is 0. The van der Waals surface area contributed by atoms with Crippen LogP contribution in [0.5, 0.6) is 0 Å². The number of benzene rings is 1. The maximum atomic E-state index is 13.7. The molecule has 1 aromatic carbocycles. The minimum Gasteiger partial charge on any atom is -0.317 e. The molecule has 0 unspecified atom stereocenters. The van der Waals surface area contributed by atoms with Crippen LogP contribution in [0.15, 0.2) is 42.7 Å². The van der Waals surface area contributed by atoms with Gasteiger partial charge in [0.05, 0.1) is 23.5 Å². The van der Waals surface area contributed by atoms with Crippen molar-refractivity contribution in [3.63, 3.8) is 0 Å². The van der Waals surface area contributed by atoms with Crippen molar-refractivity contribution in [3.8, 4) is 6.07 Å². The van der Waals surface area contributed by atoms with Gasteiger partial charge in [-0.2, -0.15) is 5.26 Å². The first-order valence-electron chi connectivity index (χ1n) is 13.2. The Kier molecular flexibility index (Phi) is 6.86. The van der Waals surface area contributed by atoms with Crippen LogP contribution < -0.4 is 5.32 Å². The van der Waals surface area contributed by atoms with Crippen LogP contribution in [0.3, 0.4) is 0 Å². The average Bonchev–Trinajstić information content (AvgIpc) is 3.12. The molecule has 1 aliphatic heterocycles. The lowest BCUT2D eigenvalue weighted by Gasteiger charge is -2.51. The molecule has 0 bridgehead atoms. The highest BCUT2D eigenvalue weighted by Crippen LogP contribution is 2.49. The number of amides is 3. The number of nitriles is 1. The number of urea groups is 1. The molecular weight excluding hydrogens is 466 g/mol. The van der Waals surface area contributed by atoms with Crippen LogP contribution in [0.4, 0.5) is 10.7 Å². The standard InChI is InChI=1S/C28H35N7O2/c1-33(2)28(23-9-4-3-5-10-23)13-11-27(12-14-28)20-34(26(37)35(27)18-21-7-6-8-21)19-24(36)32-25-30-16-22(15-29)17-31-25/h3-5,9-10,16-17,21H,6-8,11-14,18-20H2,1-2H3,(H,30,31,32,36)/t27-,28+. The number of aromatic nitrogens is 2. The van der Waals surface area contributed by atoms with Gasteiger partial charge >= 0.3 is 6.03 Å². The normalized spacial score (nSPS) is 25.8. The first-order valence-corrected chi connectivity index (χ1v) is 13.2. The molecule has 1 N–H and O–H groups in total. The van der Waals surface area contributed by atoms with Crippen molar-refractivity contribution in [2.75, 3.05) is 39.0 Å². The number of rotatable bonds is 7. The summed E-state index contributed by atoms with van der Waals surface area (Å²) in [6, 6.07) is 12.6. The number of hydrogen-bond donors (Lipinski definition) is 1. The summed E-state index contributed by atoms with van der Waals surface area (Å²) in [6.07, 6.45) is 10.0. The smallest absolute Gasteiger partial charge is 0.317 e. The third kappa shape index (κ3) is 4.78. The number of carbonyl (C=O) groups is 2. The van der Waals surface area contributed by atoms with Crippen LogP contribution in [-0.2, 0) is 10.3 Å². The zero-order valence-corrected chi connectivity index (χ0v) is 21.7. The largest absolute Gasteiger partial charge is 0.321 e. The molecule has 0 radical (unpaired) electrons. The predicted molar refractivity (Wildman–Crippen MR) is 139 cm³/mol. The van der Waals surface area contributed by atoms with Gasteiger partial charge in [-0.05, 0) is 64.1 Å². The number of anilines is 1. The molecule has 5 rings (SSSR count). The van der Waals surface area contributed by atoms with Gasteiger partial charge in [0, 0.05) is 18.6 Å². The molecule has 1 aromatic heterocycles. The Balaban J connectivity index is 1.33. The molecule has 9 heteroatoms. The van der Waals surface area contributed by atoms with Crippen LogP contribution in [-0.4, -0.2) is 75.9 Å². The molecule has 3 amide bonds. The Morgan fingerprint density at radius 2 is 1.81 bits per heavy atom. The maximum absolute atomic E-state index is 13.7. The Labute approximate surface area is 218 Å². The number of hydrogen-bond acceptors (Lipinski definition) is 6. The monoisotopic (exact) mass is 501 g/mol. The van der Waals surface area contributed by atoms with E-state index in [1.165, 1.54) is 37.2 Å². The fourth-order valence-corrected chi connectivity index (χ4v) is 6.30. The van der Waals surface area contributed by atoms with Gasteiger partial charge in [-0.25, -0.2) is 14.8 Å². The third-order valence-corrected chi connectivity index (χ3v) is 8.77. The molecule has 1 saturated heterocycles. The van der Waals surface area contributed by atoms with E-state index < -0.39 is 0 Å². The molecule has 2 aliphatic carbocycles. The Hall–Kier alpha value is -3.51. The van der Waals surface area contributed by atoms with Gasteiger partial charge in [0.1, 0.15) is 12.6 Å². The zero-order valence-electron chi connectivity index (χ0n) is 21.7. The summed E-state index contributed by atoms with van der Waals surface area (Å²) in [7, 11) is 4.30. The summed E-state index contributed by atoms with van der Waals surface area (Å²) in [5.74, 6) is 0.353. The van der Waals surface area contributed by atoms with Gasteiger partial charge in [0.2, 0.25) is 11.9 Å². The van der Waals surface area contributed by atoms with Crippen molar-refractivity contribution in [1.29, 1.82) is 5.26 Å². The topological polar surface area (TPSA) is 105 Å². The summed E-state index contributed by atoms with van der Waals surface area (Å²) >= 11 is 0. The second-order valence-corrected chi connectivity index (χ2v) is 11.0. The van der Waals surface area contributed by atoms with Crippen molar-refractivity contribution in [2.45, 2.75) is 56.0 Å². The van der Waals surface area contributed by atoms with E-state index in [-0.39, 0.29) is 35.5 Å². The lowest BCUT2D eigenvalue weighted by atomic mass is 9.68. The van der Waals surface area contributed by atoms with E-state index in [1.807, 2.05) is 6.07 Å². The van der Waals surface area contributed by atoms with E-state index in [4.69, 9.17) is 5.26 Å². The molecule has 3 fully saturated rings. The van der Waals surface area contributed by atoms with Gasteiger partial charge in [-0.3, -0.25) is 15.0 Å². The minimum atomic E-state index is -0.332. The molecule has 9 nitrogen and oxygen atoms in total. The molecule has 2 aromatic rings. The molecule has 1 spiro atoms. The maximum Gasteiger partial charge on any atom is 0.321 e. The van der Waals surface area contributed by atoms with Crippen molar-refractivity contribution in [2.24, 2.45) is 5.92 Å². The van der Waals surface area contributed by atoms with Crippen LogP contribution in [0.2, 0.25) is 0 Å². The van der Waals surface area contributed by atoms with Crippen molar-refractivity contribution >= 4 is 17.9 Å². The lowest BCUT2D eigenvalue weighted by molar-refractivity contribution is -0.116. The van der Waals surface area contributed by atoms with Gasteiger partial charge in [-0.1, -0.05) is 36.8 Å². The van der Waals surface area contributed by atoms with E-state index in [9.17, 15) is 9.59 Å². The van der Waals surface area contributed by atoms with E-state index in [0.717, 1.165) is 32.2 Å². The molecule has 194 valence electrons. The number of nitrogens with zero attached hydrogens (tertiary/aromatic N) is 6. The summed E-state index contributed by atoms with van der Waals surface area (Å²) in [5.41, 5.74) is 1.33. The van der Waals surface area contributed by atoms with Crippen molar-refractivity contribution in [3.05, 3.63) is 53.9 Å². The van der Waals surface area contributed by atoms with E-state index in [2.05, 4.69) is 69.5 Å². The predicted octanol–water partition coefficient (Wildman–Crippen LogP) is 3.59. The quantitative estimate of drug-likeness (QED) is 0.622. The highest BCUT2D eigenvalue weighted by molar-refractivity contribution is 5.93. The molecule has 2 saturated carbocycles. The zero-order chi connectivity index (χ0) is 26.0. The first-order chi connectivity index (χ1) is 17.8. The van der Waals surface area contributed by atoms with Crippen LogP contribution in [0, 0.1) is 17.2 Å². The molecular formula is C28H35N7O2. The summed E-state index contributed by atoms with van der Waals surface area (Å²) in [6.45, 7) is 1.29. The molecule has 2 heterocycles. The van der Waals surface area contributed by atoms with Crippen molar-refractivity contribution in [1.82, 2.24) is 24.7 Å². The minimum absolute atomic E-state index is 0.0391. The number of carbonyl (C=O) groups excluding carboxylic acids is 2. The van der Waals surface area contributed by atoms with E-state index in [1.54, 1.807) is 4.90 Å². The summed E-state index contributed by atoms with van der Waals surface area (Å²) in [5, 5.41) is 11.6. The number of nitrogens with one attached hydrogen (secondary N) is 1. The van der Waals surface area contributed by atoms with Crippen LogP contribution in [0.25, 0.3) is 0 Å². The molecule has 0 atom stereocenters. The Bertz CT molecular complexity index is 1160. The second kappa shape index (κ2) is 10.1. The second-order valence-electron chi connectivity index (χ2n) is 11.0. The van der Waals surface area contributed by atoms with Gasteiger partial charge < -0.3 is 9.80 Å². The fourth-order valence-electron chi connectivity index (χ4n) is 6.30. The lowest BCUT2D eigenvalue weighted by Crippen LogP contribution is -2.56. The van der Waals surface area contributed by atoms with E-state index >= 15 is 0 Å². The highest BCUT2D eigenvalue weighted by atomic mass is 16.2. The SMILES string of the molecule is CN(C)[C@]1(c2ccccc2)CC[C@]2(CC1)CN(CC(=O)Nc1ncc(C#N)cn1)C(=O)N2CC1CCC1. The average molecular weight is 502 g/mol. The van der Waals surface area contributed by atoms with Gasteiger partial charge in [0.15, 0.2) is 0 Å². The third-order valence-electron chi connectivity index (χ3n) is 8.77. The van der Waals surface area contributed by atoms with Crippen LogP contribution >= 0.6 is 0 Å². The molecule has 3 aliphatic rings. The highest BCUT2D eigenvalue weighted by Gasteiger charge is 2.55. The van der Waals surface area contributed by atoms with Gasteiger partial charge in [-0.15, -0.1) is 0 Å².